The molecule has 27 heavy (non-hydrogen) atoms. The number of aromatic nitrogens is 1. The minimum Gasteiger partial charge on any atom is -0.494 e. The van der Waals surface area contributed by atoms with Gasteiger partial charge < -0.3 is 4.74 Å². The van der Waals surface area contributed by atoms with Crippen molar-refractivity contribution in [2.45, 2.75) is 32.6 Å². The Morgan fingerprint density at radius 1 is 1.04 bits per heavy atom. The number of carbonyl (C=O) groups excluding carboxylic acids is 1. The van der Waals surface area contributed by atoms with Crippen LogP contribution in [0.15, 0.2) is 60.0 Å². The summed E-state index contributed by atoms with van der Waals surface area (Å²) in [7, 11) is 0. The van der Waals surface area contributed by atoms with Crippen LogP contribution >= 0.6 is 11.3 Å². The molecule has 2 aromatic carbocycles. The molecule has 0 atom stereocenters. The maximum Gasteiger partial charge on any atom is 0.257 e. The zero-order valence-electron chi connectivity index (χ0n) is 15.5. The Hall–Kier alpha value is -2.66. The molecule has 0 saturated carbocycles. The van der Waals surface area contributed by atoms with E-state index in [4.69, 9.17) is 4.74 Å². The molecule has 0 aliphatic rings. The molecule has 0 aliphatic carbocycles. The van der Waals surface area contributed by atoms with Crippen molar-refractivity contribution < 1.29 is 9.53 Å². The summed E-state index contributed by atoms with van der Waals surface area (Å²) in [6.45, 7) is 2.91. The third-order valence-electron chi connectivity index (χ3n) is 4.18. The number of anilines is 1. The fourth-order valence-electron chi connectivity index (χ4n) is 2.66. The van der Waals surface area contributed by atoms with E-state index in [-0.39, 0.29) is 5.91 Å². The van der Waals surface area contributed by atoms with E-state index in [2.05, 4.69) is 17.2 Å². The molecular weight excluding hydrogens is 356 g/mol. The van der Waals surface area contributed by atoms with Gasteiger partial charge in [0.15, 0.2) is 5.13 Å². The first-order valence-corrected chi connectivity index (χ1v) is 10.2. The average molecular weight is 381 g/mol. The van der Waals surface area contributed by atoms with Crippen LogP contribution in [0.1, 0.15) is 43.0 Å². The van der Waals surface area contributed by atoms with Crippen molar-refractivity contribution in [2.75, 3.05) is 11.9 Å². The van der Waals surface area contributed by atoms with E-state index in [0.717, 1.165) is 23.4 Å². The van der Waals surface area contributed by atoms with Gasteiger partial charge >= 0.3 is 0 Å². The van der Waals surface area contributed by atoms with E-state index in [1.165, 1.54) is 30.6 Å². The number of hydrogen-bond acceptors (Lipinski definition) is 4. The largest absolute Gasteiger partial charge is 0.494 e. The van der Waals surface area contributed by atoms with Gasteiger partial charge in [0.25, 0.3) is 5.91 Å². The topological polar surface area (TPSA) is 51.2 Å². The lowest BCUT2D eigenvalue weighted by atomic mass is 10.2. The van der Waals surface area contributed by atoms with Crippen LogP contribution in [0.3, 0.4) is 0 Å². The summed E-state index contributed by atoms with van der Waals surface area (Å²) in [5, 5.41) is 5.40. The van der Waals surface area contributed by atoms with E-state index in [1.807, 2.05) is 47.8 Å². The Labute approximate surface area is 164 Å². The zero-order valence-corrected chi connectivity index (χ0v) is 16.3. The van der Waals surface area contributed by atoms with Crippen LogP contribution in [0, 0.1) is 0 Å². The molecule has 0 saturated heterocycles. The molecule has 0 spiro atoms. The second-order valence-corrected chi connectivity index (χ2v) is 7.15. The van der Waals surface area contributed by atoms with Crippen LogP contribution in [0.2, 0.25) is 0 Å². The summed E-state index contributed by atoms with van der Waals surface area (Å²) in [5.74, 6) is 0.627. The van der Waals surface area contributed by atoms with Gasteiger partial charge in [0.2, 0.25) is 0 Å². The van der Waals surface area contributed by atoms with Crippen LogP contribution in [-0.4, -0.2) is 17.5 Å². The minimum absolute atomic E-state index is 0.168. The molecule has 4 nitrogen and oxygen atoms in total. The first-order valence-electron chi connectivity index (χ1n) is 9.31. The Morgan fingerprint density at radius 2 is 1.81 bits per heavy atom. The van der Waals surface area contributed by atoms with Crippen molar-refractivity contribution in [1.82, 2.24) is 4.98 Å². The molecule has 3 aromatic rings. The number of unbranched alkanes of at least 4 members (excludes halogenated alkanes) is 3. The maximum absolute atomic E-state index is 12.4. The van der Waals surface area contributed by atoms with Crippen molar-refractivity contribution in [2.24, 2.45) is 0 Å². The normalized spacial score (nSPS) is 10.6. The fraction of sp³-hybridized carbons (Fsp3) is 0.273. The summed E-state index contributed by atoms with van der Waals surface area (Å²) in [5.41, 5.74) is 2.49. The van der Waals surface area contributed by atoms with Crippen molar-refractivity contribution >= 4 is 22.4 Å². The molecule has 1 amide bonds. The second kappa shape index (κ2) is 9.88. The number of nitrogens with zero attached hydrogens (tertiary/aromatic N) is 1. The van der Waals surface area contributed by atoms with Crippen LogP contribution in [0.5, 0.6) is 5.75 Å². The summed E-state index contributed by atoms with van der Waals surface area (Å²) in [6.07, 6.45) is 4.71. The number of rotatable bonds is 9. The third kappa shape index (κ3) is 5.66. The zero-order chi connectivity index (χ0) is 18.9. The predicted molar refractivity (Wildman–Crippen MR) is 112 cm³/mol. The first-order chi connectivity index (χ1) is 13.3. The molecule has 5 heteroatoms. The van der Waals surface area contributed by atoms with Crippen LogP contribution in [0.4, 0.5) is 5.13 Å². The number of benzene rings is 2. The van der Waals surface area contributed by atoms with E-state index >= 15 is 0 Å². The average Bonchev–Trinajstić information content (AvgIpc) is 3.17. The minimum atomic E-state index is -0.168. The van der Waals surface area contributed by atoms with Gasteiger partial charge in [-0.3, -0.25) is 10.1 Å². The van der Waals surface area contributed by atoms with E-state index in [1.54, 1.807) is 12.1 Å². The van der Waals surface area contributed by atoms with Gasteiger partial charge in [-0.2, -0.15) is 0 Å². The number of hydrogen-bond donors (Lipinski definition) is 1. The highest BCUT2D eigenvalue weighted by molar-refractivity contribution is 7.14. The number of thiazole rings is 1. The molecule has 0 unspecified atom stereocenters. The molecule has 1 aromatic heterocycles. The van der Waals surface area contributed by atoms with Crippen molar-refractivity contribution in [3.8, 4) is 17.0 Å². The van der Waals surface area contributed by atoms with E-state index in [9.17, 15) is 4.79 Å². The first kappa shape index (κ1) is 19.1. The summed E-state index contributed by atoms with van der Waals surface area (Å²) in [6, 6.07) is 17.2. The molecule has 1 heterocycles. The van der Waals surface area contributed by atoms with Crippen molar-refractivity contribution in [3.63, 3.8) is 0 Å². The Bertz CT molecular complexity index is 844. The molecule has 0 fully saturated rings. The molecule has 3 rings (SSSR count). The van der Waals surface area contributed by atoms with Crippen molar-refractivity contribution in [1.29, 1.82) is 0 Å². The number of nitrogens with one attached hydrogen (secondary N) is 1. The molecule has 0 aliphatic heterocycles. The number of carbonyl (C=O) groups is 1. The smallest absolute Gasteiger partial charge is 0.257 e. The van der Waals surface area contributed by atoms with Crippen LogP contribution < -0.4 is 10.1 Å². The second-order valence-electron chi connectivity index (χ2n) is 6.29. The quantitative estimate of drug-likeness (QED) is 0.462. The summed E-state index contributed by atoms with van der Waals surface area (Å²) < 4.78 is 5.72. The highest BCUT2D eigenvalue weighted by Crippen LogP contribution is 2.25. The van der Waals surface area contributed by atoms with Crippen LogP contribution in [-0.2, 0) is 0 Å². The lowest BCUT2D eigenvalue weighted by Crippen LogP contribution is -2.11. The Kier molecular flexibility index (Phi) is 6.99. The fourth-order valence-corrected chi connectivity index (χ4v) is 3.38. The Balaban J connectivity index is 1.53. The van der Waals surface area contributed by atoms with Gasteiger partial charge in [0.1, 0.15) is 5.75 Å². The molecule has 0 radical (unpaired) electrons. The van der Waals surface area contributed by atoms with Crippen molar-refractivity contribution in [3.05, 3.63) is 65.5 Å². The third-order valence-corrected chi connectivity index (χ3v) is 4.94. The molecule has 0 bridgehead atoms. The summed E-state index contributed by atoms with van der Waals surface area (Å²) >= 11 is 1.42. The molecule has 140 valence electrons. The predicted octanol–water partition coefficient (Wildman–Crippen LogP) is 6.02. The number of amides is 1. The Morgan fingerprint density at radius 3 is 2.56 bits per heavy atom. The highest BCUT2D eigenvalue weighted by atomic mass is 32.1. The monoisotopic (exact) mass is 380 g/mol. The SMILES string of the molecule is CCCCCCOc1ccc(C(=O)Nc2nc(-c3ccccc3)cs2)cc1. The van der Waals surface area contributed by atoms with Gasteiger partial charge in [-0.05, 0) is 30.7 Å². The van der Waals surface area contributed by atoms with Gasteiger partial charge in [0.05, 0.1) is 12.3 Å². The standard InChI is InChI=1S/C22H24N2O2S/c1-2-3-4-8-15-26-19-13-11-18(12-14-19)21(25)24-22-23-20(16-27-22)17-9-6-5-7-10-17/h5-7,9-14,16H,2-4,8,15H2,1H3,(H,23,24,25). The van der Waals surface area contributed by atoms with E-state index < -0.39 is 0 Å². The lowest BCUT2D eigenvalue weighted by molar-refractivity contribution is 0.102. The van der Waals surface area contributed by atoms with Gasteiger partial charge in [-0.15, -0.1) is 11.3 Å². The summed E-state index contributed by atoms with van der Waals surface area (Å²) in [4.78, 5) is 16.9. The maximum atomic E-state index is 12.4. The van der Waals surface area contributed by atoms with Gasteiger partial charge in [-0.25, -0.2) is 4.98 Å². The van der Waals surface area contributed by atoms with Gasteiger partial charge in [-0.1, -0.05) is 56.5 Å². The number of ether oxygens (including phenoxy) is 1. The molecular formula is C22H24N2O2S. The lowest BCUT2D eigenvalue weighted by Gasteiger charge is -2.07. The highest BCUT2D eigenvalue weighted by Gasteiger charge is 2.10. The van der Waals surface area contributed by atoms with E-state index in [0.29, 0.717) is 17.3 Å². The van der Waals surface area contributed by atoms with Crippen LogP contribution in [0.25, 0.3) is 11.3 Å². The van der Waals surface area contributed by atoms with Gasteiger partial charge in [0, 0.05) is 16.5 Å². The molecule has 1 N–H and O–H groups in total.